The average molecular weight is 475 g/mol. The molecule has 2 aromatic heterocycles. The molecule has 12 heteroatoms. The summed E-state index contributed by atoms with van der Waals surface area (Å²) >= 11 is 0. The molecule has 0 aliphatic rings. The zero-order valence-corrected chi connectivity index (χ0v) is 19.5. The number of phosphoric acid groups is 1. The van der Waals surface area contributed by atoms with Crippen molar-refractivity contribution < 1.29 is 42.3 Å². The Kier molecular flexibility index (Phi) is 12.3. The van der Waals surface area contributed by atoms with Crippen molar-refractivity contribution in [1.29, 1.82) is 0 Å². The van der Waals surface area contributed by atoms with Crippen molar-refractivity contribution in [2.24, 2.45) is 5.73 Å². The molecule has 0 spiro atoms. The van der Waals surface area contributed by atoms with Gasteiger partial charge in [0.1, 0.15) is 0 Å². The van der Waals surface area contributed by atoms with Gasteiger partial charge in [0, 0.05) is 37.1 Å². The van der Waals surface area contributed by atoms with E-state index in [1.807, 2.05) is 6.07 Å². The molecule has 0 saturated carbocycles. The van der Waals surface area contributed by atoms with Crippen LogP contribution in [0.4, 0.5) is 5.95 Å². The van der Waals surface area contributed by atoms with Crippen molar-refractivity contribution in [3.8, 4) is 0 Å². The standard InChI is InChI=1S/C21H20N5O.CH4O4P.Li/c1-3-5-19(15(2)22)20-13-18(26-27-20)12-16-6-8-17(9-7-16)14-25-21-23-10-4-11-24-21;1-5-6(2,3)4;/h1,3-11,13H,2,12,14,22H2,(H,23,24,25);1H2,(H2,2,3,4);/q2*-1;+1/p-1/b19-5+;;. The molecule has 0 aliphatic carbocycles. The van der Waals surface area contributed by atoms with Gasteiger partial charge in [-0.1, -0.05) is 36.0 Å². The molecule has 174 valence electrons. The van der Waals surface area contributed by atoms with E-state index < -0.39 is 7.82 Å². The van der Waals surface area contributed by atoms with Crippen molar-refractivity contribution in [2.45, 2.75) is 13.0 Å². The maximum absolute atomic E-state index is 9.30. The molecule has 1 atom stereocenters. The number of hydrogen-bond acceptors (Lipinski definition) is 9. The molecule has 1 aromatic carbocycles. The molecular formula is C22H23LiN5O5P-2. The molecule has 4 N–H and O–H groups in total. The summed E-state index contributed by atoms with van der Waals surface area (Å²) in [7, 11) is -2.08. The fourth-order valence-corrected chi connectivity index (χ4v) is 2.52. The van der Waals surface area contributed by atoms with Gasteiger partial charge >= 0.3 is 18.9 Å². The number of anilines is 1. The van der Waals surface area contributed by atoms with Crippen LogP contribution in [-0.2, 0) is 22.1 Å². The number of nitrogens with two attached hydrogens (primary N) is 1. The van der Waals surface area contributed by atoms with Crippen LogP contribution in [0.2, 0.25) is 0 Å². The third-order valence-corrected chi connectivity index (χ3v) is 4.35. The maximum atomic E-state index is 9.30. The fraction of sp³-hybridized carbons (Fsp3) is 0.0909. The summed E-state index contributed by atoms with van der Waals surface area (Å²) in [5, 5.41) is 7.28. The van der Waals surface area contributed by atoms with Crippen LogP contribution in [0.5, 0.6) is 0 Å². The minimum atomic E-state index is -4.51. The summed E-state index contributed by atoms with van der Waals surface area (Å²) in [6.45, 7) is 9.82. The third kappa shape index (κ3) is 10.3. The van der Waals surface area contributed by atoms with Crippen molar-refractivity contribution in [2.75, 3.05) is 5.32 Å². The number of nitrogens with zero attached hydrogens (tertiary/aromatic N) is 3. The number of benzene rings is 1. The maximum Gasteiger partial charge on any atom is 1.00 e. The van der Waals surface area contributed by atoms with Gasteiger partial charge in [-0.05, 0) is 22.8 Å². The first-order chi connectivity index (χ1) is 15.7. The van der Waals surface area contributed by atoms with E-state index in [0.717, 1.165) is 16.8 Å². The Bertz CT molecular complexity index is 1130. The minimum Gasteiger partial charge on any atom is -0.758 e. The van der Waals surface area contributed by atoms with E-state index in [0.29, 0.717) is 35.9 Å². The van der Waals surface area contributed by atoms with E-state index in [9.17, 15) is 9.46 Å². The smallest absolute Gasteiger partial charge is 0.758 e. The van der Waals surface area contributed by atoms with Gasteiger partial charge in [0.2, 0.25) is 13.8 Å². The summed E-state index contributed by atoms with van der Waals surface area (Å²) in [6.07, 6.45) is 7.09. The van der Waals surface area contributed by atoms with Crippen LogP contribution >= 0.6 is 7.82 Å². The summed E-state index contributed by atoms with van der Waals surface area (Å²) in [5.41, 5.74) is 9.82. The van der Waals surface area contributed by atoms with Crippen molar-refractivity contribution in [3.63, 3.8) is 0 Å². The summed E-state index contributed by atoms with van der Waals surface area (Å²) in [4.78, 5) is 25.1. The first-order valence-electron chi connectivity index (χ1n) is 9.44. The predicted molar refractivity (Wildman–Crippen MR) is 122 cm³/mol. The van der Waals surface area contributed by atoms with Gasteiger partial charge in [0.25, 0.3) is 0 Å². The average Bonchev–Trinajstić information content (AvgIpc) is 3.25. The molecule has 3 aromatic rings. The van der Waals surface area contributed by atoms with Crippen LogP contribution in [0, 0.1) is 13.7 Å². The van der Waals surface area contributed by atoms with Gasteiger partial charge in [0.15, 0.2) is 5.76 Å². The van der Waals surface area contributed by atoms with E-state index in [1.54, 1.807) is 24.5 Å². The van der Waals surface area contributed by atoms with Crippen LogP contribution in [-0.4, -0.2) is 20.0 Å². The molecule has 34 heavy (non-hydrogen) atoms. The van der Waals surface area contributed by atoms with Gasteiger partial charge < -0.3 is 29.9 Å². The molecule has 0 saturated heterocycles. The number of hydrogen-bond donors (Lipinski definition) is 3. The largest absolute Gasteiger partial charge is 1.00 e. The first kappa shape index (κ1) is 29.1. The molecule has 2 heterocycles. The van der Waals surface area contributed by atoms with Crippen LogP contribution in [0.15, 0.2) is 77.7 Å². The van der Waals surface area contributed by atoms with E-state index >= 15 is 0 Å². The van der Waals surface area contributed by atoms with Gasteiger partial charge in [-0.15, -0.1) is 0 Å². The Labute approximate surface area is 210 Å². The number of nitrogens with one attached hydrogen (secondary N) is 1. The first-order valence-corrected chi connectivity index (χ1v) is 10.9. The second-order valence-electron chi connectivity index (χ2n) is 6.50. The summed E-state index contributed by atoms with van der Waals surface area (Å²) in [6, 6.07) is 11.9. The molecule has 3 rings (SSSR count). The Morgan fingerprint density at radius 2 is 1.91 bits per heavy atom. The fourth-order valence-electron chi connectivity index (χ4n) is 2.52. The Morgan fingerprint density at radius 1 is 1.32 bits per heavy atom. The van der Waals surface area contributed by atoms with Gasteiger partial charge in [-0.25, -0.2) is 23.2 Å². The third-order valence-electron chi connectivity index (χ3n) is 4.02. The molecule has 0 fully saturated rings. The summed E-state index contributed by atoms with van der Waals surface area (Å²) < 4.78 is 17.9. The Morgan fingerprint density at radius 3 is 2.44 bits per heavy atom. The van der Waals surface area contributed by atoms with E-state index in [-0.39, 0.29) is 18.9 Å². The number of phosphoric ester groups is 1. The zero-order valence-electron chi connectivity index (χ0n) is 18.6. The second kappa shape index (κ2) is 14.3. The summed E-state index contributed by atoms with van der Waals surface area (Å²) in [5.74, 6) is 1.15. The van der Waals surface area contributed by atoms with Crippen LogP contribution < -0.4 is 34.8 Å². The zero-order chi connectivity index (χ0) is 24.3. The molecule has 0 bridgehead atoms. The molecule has 10 nitrogen and oxygen atoms in total. The Balaban J connectivity index is 0.000000735. The molecule has 0 aliphatic heterocycles. The van der Waals surface area contributed by atoms with Gasteiger partial charge in [0.05, 0.1) is 5.69 Å². The Hall–Kier alpha value is -2.96. The second-order valence-corrected chi connectivity index (χ2v) is 7.69. The molecule has 1 unspecified atom stereocenters. The van der Waals surface area contributed by atoms with E-state index in [1.165, 1.54) is 6.08 Å². The molecule has 0 amide bonds. The van der Waals surface area contributed by atoms with Crippen molar-refractivity contribution in [1.82, 2.24) is 15.1 Å². The van der Waals surface area contributed by atoms with E-state index in [4.69, 9.17) is 21.7 Å². The van der Waals surface area contributed by atoms with Crippen LogP contribution in [0.1, 0.15) is 22.6 Å². The quantitative estimate of drug-likeness (QED) is 0.163. The normalized spacial score (nSPS) is 12.4. The SMILES string of the molecule is [CH-]=C/C=C(\C(=C)N)c1cc(Cc2ccc(CNc3ncccn3)cc2)no1.[CH2-]OP(=O)([O-])O.[Li+]. The topological polar surface area (TPSA) is 159 Å². The minimum absolute atomic E-state index is 0. The predicted octanol–water partition coefficient (Wildman–Crippen LogP) is -0.228. The molecular weight excluding hydrogens is 452 g/mol. The number of allylic oxidation sites excluding steroid dienone is 3. The number of aromatic nitrogens is 3. The van der Waals surface area contributed by atoms with Gasteiger partial charge in [-0.2, -0.15) is 6.08 Å². The van der Waals surface area contributed by atoms with Crippen LogP contribution in [0.3, 0.4) is 0 Å². The van der Waals surface area contributed by atoms with Gasteiger partial charge in [-0.3, -0.25) is 11.1 Å². The van der Waals surface area contributed by atoms with Crippen LogP contribution in [0.25, 0.3) is 5.57 Å². The van der Waals surface area contributed by atoms with Crippen molar-refractivity contribution in [3.05, 3.63) is 109 Å². The molecule has 0 radical (unpaired) electrons. The monoisotopic (exact) mass is 475 g/mol. The van der Waals surface area contributed by atoms with Crippen molar-refractivity contribution >= 4 is 19.3 Å². The number of rotatable bonds is 9. The van der Waals surface area contributed by atoms with E-state index in [2.05, 4.69) is 62.9 Å².